The number of hydrogen-bond donors (Lipinski definition) is 0. The van der Waals surface area contributed by atoms with Crippen molar-refractivity contribution in [2.45, 2.75) is 6.61 Å². The van der Waals surface area contributed by atoms with Crippen LogP contribution >= 0.6 is 0 Å². The summed E-state index contributed by atoms with van der Waals surface area (Å²) in [5.74, 6) is -0.306. The Morgan fingerprint density at radius 2 is 1.20 bits per heavy atom. The van der Waals surface area contributed by atoms with Crippen molar-refractivity contribution in [3.8, 4) is 23.0 Å². The van der Waals surface area contributed by atoms with Crippen LogP contribution in [-0.4, -0.2) is 32.1 Å². The van der Waals surface area contributed by atoms with Crippen molar-refractivity contribution in [2.24, 2.45) is 0 Å². The molecule has 4 rings (SSSR count). The summed E-state index contributed by atoms with van der Waals surface area (Å²) in [5.41, 5.74) is 1.77. The third-order valence-corrected chi connectivity index (χ3v) is 5.68. The number of rotatable bonds is 10. The first-order valence-electron chi connectivity index (χ1n) is 12.2. The van der Waals surface area contributed by atoms with Crippen molar-refractivity contribution >= 4 is 24.0 Å². The normalized spacial score (nSPS) is 10.6. The topological polar surface area (TPSA) is 97.4 Å². The van der Waals surface area contributed by atoms with Crippen molar-refractivity contribution in [3.05, 3.63) is 125 Å². The molecule has 8 heteroatoms. The quantitative estimate of drug-likeness (QED) is 0.140. The van der Waals surface area contributed by atoms with Gasteiger partial charge in [0.15, 0.2) is 0 Å². The second-order valence-corrected chi connectivity index (χ2v) is 8.36. The van der Waals surface area contributed by atoms with Crippen LogP contribution in [0, 0.1) is 0 Å². The van der Waals surface area contributed by atoms with Gasteiger partial charge in [0.1, 0.15) is 29.6 Å². The summed E-state index contributed by atoms with van der Waals surface area (Å²) in [7, 11) is 3.06. The summed E-state index contributed by atoms with van der Waals surface area (Å²) in [6.07, 6.45) is 2.92. The Balaban J connectivity index is 1.52. The van der Waals surface area contributed by atoms with Crippen molar-refractivity contribution in [3.63, 3.8) is 0 Å². The summed E-state index contributed by atoms with van der Waals surface area (Å²) in [6, 6.07) is 26.6. The predicted octanol–water partition coefficient (Wildman–Crippen LogP) is 5.90. The summed E-state index contributed by atoms with van der Waals surface area (Å²) >= 11 is 0. The molecule has 40 heavy (non-hydrogen) atoms. The van der Waals surface area contributed by atoms with Gasteiger partial charge < -0.3 is 23.7 Å². The second kappa shape index (κ2) is 13.4. The maximum absolute atomic E-state index is 12.8. The van der Waals surface area contributed by atoms with Gasteiger partial charge in [0.05, 0.1) is 25.3 Å². The highest BCUT2D eigenvalue weighted by molar-refractivity contribution is 5.92. The summed E-state index contributed by atoms with van der Waals surface area (Å²) in [4.78, 5) is 37.8. The highest BCUT2D eigenvalue weighted by atomic mass is 16.6. The fourth-order valence-corrected chi connectivity index (χ4v) is 3.54. The molecule has 0 saturated carbocycles. The highest BCUT2D eigenvalue weighted by Gasteiger charge is 2.16. The van der Waals surface area contributed by atoms with Gasteiger partial charge in [-0.25, -0.2) is 14.4 Å². The van der Waals surface area contributed by atoms with E-state index in [-0.39, 0.29) is 18.1 Å². The minimum absolute atomic E-state index is 0.143. The third kappa shape index (κ3) is 7.58. The van der Waals surface area contributed by atoms with Gasteiger partial charge in [-0.05, 0) is 78.4 Å². The van der Waals surface area contributed by atoms with E-state index in [2.05, 4.69) is 0 Å². The first-order chi connectivity index (χ1) is 19.4. The molecule has 4 aromatic rings. The largest absolute Gasteiger partial charge is 0.497 e. The van der Waals surface area contributed by atoms with Crippen LogP contribution in [0.25, 0.3) is 6.08 Å². The lowest BCUT2D eigenvalue weighted by molar-refractivity contribution is -0.138. The summed E-state index contributed by atoms with van der Waals surface area (Å²) in [6.45, 7) is -0.239. The molecule has 0 N–H and O–H groups in total. The number of ether oxygens (including phenoxy) is 5. The van der Waals surface area contributed by atoms with E-state index in [9.17, 15) is 14.4 Å². The number of benzene rings is 4. The molecule has 0 saturated heterocycles. The predicted molar refractivity (Wildman–Crippen MR) is 148 cm³/mol. The standard InChI is InChI=1S/C32H26O8/c1-36-26-13-9-23(10-14-26)31(34)39-28-17-18-29(40-32(35)24-11-15-27(37-2)16-12-24)25(20-28)21-38-30(33)19-8-22-6-4-3-5-7-22/h3-20H,21H2,1-2H3/b19-8+. The molecule has 0 atom stereocenters. The van der Waals surface area contributed by atoms with E-state index in [0.717, 1.165) is 5.56 Å². The Bertz CT molecular complexity index is 1490. The molecule has 0 fully saturated rings. The van der Waals surface area contributed by atoms with Gasteiger partial charge in [-0.15, -0.1) is 0 Å². The van der Waals surface area contributed by atoms with E-state index in [4.69, 9.17) is 23.7 Å². The molecule has 0 amide bonds. The molecule has 0 aliphatic rings. The monoisotopic (exact) mass is 538 g/mol. The van der Waals surface area contributed by atoms with Crippen LogP contribution in [0.1, 0.15) is 31.8 Å². The first kappa shape index (κ1) is 27.7. The van der Waals surface area contributed by atoms with Crippen molar-refractivity contribution in [1.29, 1.82) is 0 Å². The van der Waals surface area contributed by atoms with Crippen LogP contribution in [0.5, 0.6) is 23.0 Å². The molecular formula is C32H26O8. The molecule has 0 aliphatic heterocycles. The second-order valence-electron chi connectivity index (χ2n) is 8.36. The molecule has 4 aromatic carbocycles. The minimum Gasteiger partial charge on any atom is -0.497 e. The van der Waals surface area contributed by atoms with Gasteiger partial charge in [0.25, 0.3) is 0 Å². The fourth-order valence-electron chi connectivity index (χ4n) is 3.54. The Kier molecular flexibility index (Phi) is 9.29. The molecule has 0 unspecified atom stereocenters. The Morgan fingerprint density at radius 3 is 1.77 bits per heavy atom. The zero-order valence-electron chi connectivity index (χ0n) is 21.9. The van der Waals surface area contributed by atoms with Crippen molar-refractivity contribution < 1.29 is 38.1 Å². The lowest BCUT2D eigenvalue weighted by atomic mass is 10.2. The maximum atomic E-state index is 12.8. The van der Waals surface area contributed by atoms with Gasteiger partial charge in [-0.1, -0.05) is 30.3 Å². The van der Waals surface area contributed by atoms with Crippen molar-refractivity contribution in [1.82, 2.24) is 0 Å². The maximum Gasteiger partial charge on any atom is 0.343 e. The van der Waals surface area contributed by atoms with Gasteiger partial charge in [0, 0.05) is 11.6 Å². The van der Waals surface area contributed by atoms with Crippen LogP contribution in [0.4, 0.5) is 0 Å². The number of carbonyl (C=O) groups excluding carboxylic acids is 3. The number of carbonyl (C=O) groups is 3. The average molecular weight is 539 g/mol. The summed E-state index contributed by atoms with van der Waals surface area (Å²) < 4.78 is 26.7. The third-order valence-electron chi connectivity index (χ3n) is 5.68. The van der Waals surface area contributed by atoms with E-state index in [0.29, 0.717) is 28.2 Å². The number of esters is 3. The fraction of sp³-hybridized carbons (Fsp3) is 0.0938. The molecule has 202 valence electrons. The molecule has 0 spiro atoms. The number of hydrogen-bond acceptors (Lipinski definition) is 8. The van der Waals surface area contributed by atoms with Crippen LogP contribution in [-0.2, 0) is 16.1 Å². The Hall–Kier alpha value is -5.37. The zero-order chi connectivity index (χ0) is 28.3. The lowest BCUT2D eigenvalue weighted by Crippen LogP contribution is -2.12. The van der Waals surface area contributed by atoms with E-state index in [1.807, 2.05) is 30.3 Å². The minimum atomic E-state index is -0.623. The van der Waals surface area contributed by atoms with Crippen LogP contribution in [0.15, 0.2) is 103 Å². The molecule has 0 bridgehead atoms. The first-order valence-corrected chi connectivity index (χ1v) is 12.2. The van der Waals surface area contributed by atoms with E-state index in [1.165, 1.54) is 38.5 Å². The van der Waals surface area contributed by atoms with Crippen LogP contribution < -0.4 is 18.9 Å². The molecular weight excluding hydrogens is 512 g/mol. The Morgan fingerprint density at radius 1 is 0.650 bits per heavy atom. The Labute approximate surface area is 231 Å². The van der Waals surface area contributed by atoms with E-state index < -0.39 is 17.9 Å². The highest BCUT2D eigenvalue weighted by Crippen LogP contribution is 2.27. The summed E-state index contributed by atoms with van der Waals surface area (Å²) in [5, 5.41) is 0. The number of methoxy groups -OCH3 is 2. The van der Waals surface area contributed by atoms with Crippen LogP contribution in [0.2, 0.25) is 0 Å². The smallest absolute Gasteiger partial charge is 0.343 e. The molecule has 0 heterocycles. The molecule has 0 radical (unpaired) electrons. The molecule has 8 nitrogen and oxygen atoms in total. The van der Waals surface area contributed by atoms with Crippen LogP contribution in [0.3, 0.4) is 0 Å². The zero-order valence-corrected chi connectivity index (χ0v) is 21.9. The van der Waals surface area contributed by atoms with Gasteiger partial charge in [-0.3, -0.25) is 0 Å². The van der Waals surface area contributed by atoms with Crippen molar-refractivity contribution in [2.75, 3.05) is 14.2 Å². The van der Waals surface area contributed by atoms with Gasteiger partial charge in [-0.2, -0.15) is 0 Å². The van der Waals surface area contributed by atoms with Gasteiger partial charge in [0.2, 0.25) is 0 Å². The van der Waals surface area contributed by atoms with E-state index >= 15 is 0 Å². The van der Waals surface area contributed by atoms with E-state index in [1.54, 1.807) is 54.6 Å². The molecule has 0 aromatic heterocycles. The lowest BCUT2D eigenvalue weighted by Gasteiger charge is -2.13. The SMILES string of the molecule is COc1ccc(C(=O)Oc2ccc(OC(=O)c3ccc(OC)cc3)c(COC(=O)/C=C/c3ccccc3)c2)cc1. The average Bonchev–Trinajstić information content (AvgIpc) is 3.00. The molecule has 0 aliphatic carbocycles. The van der Waals surface area contributed by atoms with Gasteiger partial charge >= 0.3 is 17.9 Å².